The fraction of sp³-hybridized carbons (Fsp3) is 0.310. The van der Waals surface area contributed by atoms with Gasteiger partial charge in [0.2, 0.25) is 0 Å². The lowest BCUT2D eigenvalue weighted by Crippen LogP contribution is -2.07. The molecule has 7 heteroatoms. The molecule has 0 amide bonds. The van der Waals surface area contributed by atoms with Gasteiger partial charge < -0.3 is 4.52 Å². The Hall–Kier alpha value is -3.74. The van der Waals surface area contributed by atoms with Gasteiger partial charge in [-0.15, -0.1) is 0 Å². The highest BCUT2D eigenvalue weighted by Gasteiger charge is 2.23. The number of aromatic nitrogens is 1. The zero-order chi connectivity index (χ0) is 25.1. The lowest BCUT2D eigenvalue weighted by Gasteiger charge is -2.08. The van der Waals surface area contributed by atoms with Crippen molar-refractivity contribution in [2.45, 2.75) is 52.0 Å². The van der Waals surface area contributed by atoms with Crippen LogP contribution in [0.15, 0.2) is 79.8 Å². The third-order valence-electron chi connectivity index (χ3n) is 6.77. The standard InChI is InChI=1S/C29H28F2N4O/c1-3-18(2)7-8-19-9-11-20(12-10-19)26-16-22(36-35-26)15-21-13-14-25-27(17-32-21)34-29(33-25)23-5-4-6-24(30)28(23)31/h4-6,9-12,14,16-18,21H,3,7-8,13,15H2,1-2H3. The van der Waals surface area contributed by atoms with Crippen molar-refractivity contribution < 1.29 is 13.3 Å². The number of allylic oxidation sites excluding steroid dienone is 1. The molecule has 0 spiro atoms. The zero-order valence-electron chi connectivity index (χ0n) is 20.4. The molecule has 0 saturated heterocycles. The Labute approximate surface area is 209 Å². The number of nitrogens with zero attached hydrogens (tertiary/aromatic N) is 4. The van der Waals surface area contributed by atoms with Crippen LogP contribution in [0.1, 0.15) is 50.0 Å². The molecule has 2 atom stereocenters. The van der Waals surface area contributed by atoms with E-state index in [2.05, 4.69) is 58.2 Å². The molecule has 0 fully saturated rings. The molecule has 184 valence electrons. The van der Waals surface area contributed by atoms with Crippen LogP contribution in [-0.2, 0) is 12.8 Å². The number of rotatable bonds is 8. The van der Waals surface area contributed by atoms with Crippen molar-refractivity contribution in [3.63, 3.8) is 0 Å². The molecule has 0 saturated carbocycles. The minimum atomic E-state index is -0.950. The third-order valence-corrected chi connectivity index (χ3v) is 6.77. The van der Waals surface area contributed by atoms with Crippen LogP contribution in [0.4, 0.5) is 8.78 Å². The predicted octanol–water partition coefficient (Wildman–Crippen LogP) is 6.77. The lowest BCUT2D eigenvalue weighted by molar-refractivity contribution is 0.376. The molecule has 2 aliphatic rings. The fourth-order valence-corrected chi connectivity index (χ4v) is 4.27. The Morgan fingerprint density at radius 2 is 1.92 bits per heavy atom. The molecule has 3 aromatic rings. The smallest absolute Gasteiger partial charge is 0.169 e. The van der Waals surface area contributed by atoms with E-state index in [0.29, 0.717) is 24.3 Å². The van der Waals surface area contributed by atoms with Crippen LogP contribution in [0, 0.1) is 17.6 Å². The maximum Gasteiger partial charge on any atom is 0.169 e. The van der Waals surface area contributed by atoms with E-state index in [1.807, 2.05) is 12.1 Å². The van der Waals surface area contributed by atoms with E-state index in [0.717, 1.165) is 35.4 Å². The van der Waals surface area contributed by atoms with Crippen molar-refractivity contribution in [2.24, 2.45) is 20.9 Å². The molecule has 3 heterocycles. The van der Waals surface area contributed by atoms with E-state index < -0.39 is 11.6 Å². The minimum absolute atomic E-state index is 0.0409. The number of fused-ring (bicyclic) bond motifs is 1. The number of amidine groups is 1. The molecular formula is C29H28F2N4O. The van der Waals surface area contributed by atoms with E-state index in [4.69, 9.17) is 4.52 Å². The predicted molar refractivity (Wildman–Crippen MR) is 139 cm³/mol. The summed E-state index contributed by atoms with van der Waals surface area (Å²) in [6.07, 6.45) is 8.27. The van der Waals surface area contributed by atoms with Crippen molar-refractivity contribution in [1.29, 1.82) is 0 Å². The number of halogens is 2. The zero-order valence-corrected chi connectivity index (χ0v) is 20.4. The number of aliphatic imine (C=N–C) groups is 3. The maximum atomic E-state index is 14.1. The molecule has 5 nitrogen and oxygen atoms in total. The monoisotopic (exact) mass is 486 g/mol. The summed E-state index contributed by atoms with van der Waals surface area (Å²) in [5.41, 5.74) is 4.37. The first-order chi connectivity index (χ1) is 17.5. The molecule has 2 aliphatic heterocycles. The van der Waals surface area contributed by atoms with Crippen molar-refractivity contribution in [2.75, 3.05) is 0 Å². The first-order valence-corrected chi connectivity index (χ1v) is 12.4. The van der Waals surface area contributed by atoms with Gasteiger partial charge in [0.15, 0.2) is 17.5 Å². The average Bonchev–Trinajstić information content (AvgIpc) is 3.48. The number of hydrogen-bond acceptors (Lipinski definition) is 5. The van der Waals surface area contributed by atoms with Crippen LogP contribution in [-0.4, -0.2) is 29.0 Å². The van der Waals surface area contributed by atoms with E-state index in [1.54, 1.807) is 6.21 Å². The molecule has 2 aromatic carbocycles. The van der Waals surface area contributed by atoms with Crippen LogP contribution < -0.4 is 0 Å². The minimum Gasteiger partial charge on any atom is -0.361 e. The van der Waals surface area contributed by atoms with Gasteiger partial charge in [-0.3, -0.25) is 4.99 Å². The van der Waals surface area contributed by atoms with Gasteiger partial charge in [0.25, 0.3) is 0 Å². The van der Waals surface area contributed by atoms with E-state index >= 15 is 0 Å². The van der Waals surface area contributed by atoms with Crippen molar-refractivity contribution >= 4 is 17.8 Å². The Morgan fingerprint density at radius 3 is 2.72 bits per heavy atom. The largest absolute Gasteiger partial charge is 0.361 e. The summed E-state index contributed by atoms with van der Waals surface area (Å²) in [6.45, 7) is 4.52. The van der Waals surface area contributed by atoms with Gasteiger partial charge >= 0.3 is 0 Å². The second-order valence-electron chi connectivity index (χ2n) is 9.42. The topological polar surface area (TPSA) is 63.1 Å². The van der Waals surface area contributed by atoms with Crippen LogP contribution in [0.3, 0.4) is 0 Å². The van der Waals surface area contributed by atoms with Crippen molar-refractivity contribution in [1.82, 2.24) is 5.16 Å². The van der Waals surface area contributed by atoms with Crippen LogP contribution >= 0.6 is 0 Å². The van der Waals surface area contributed by atoms with Crippen molar-refractivity contribution in [3.8, 4) is 11.3 Å². The summed E-state index contributed by atoms with van der Waals surface area (Å²) < 4.78 is 33.3. The molecule has 5 rings (SSSR count). The van der Waals surface area contributed by atoms with Gasteiger partial charge in [-0.05, 0) is 42.9 Å². The molecule has 2 unspecified atom stereocenters. The summed E-state index contributed by atoms with van der Waals surface area (Å²) in [7, 11) is 0. The Morgan fingerprint density at radius 1 is 1.08 bits per heavy atom. The SMILES string of the molecule is CCC(C)CCc1ccc(-c2cc(CC3CC=C4N=C(c5cccc(F)c5F)N=C4C=N3)on2)cc1. The highest BCUT2D eigenvalue weighted by atomic mass is 19.2. The first kappa shape index (κ1) is 24.0. The first-order valence-electron chi connectivity index (χ1n) is 12.4. The van der Waals surface area contributed by atoms with Crippen LogP contribution in [0.25, 0.3) is 11.3 Å². The quantitative estimate of drug-likeness (QED) is 0.353. The number of benzene rings is 2. The van der Waals surface area contributed by atoms with Gasteiger partial charge in [0.1, 0.15) is 17.2 Å². The van der Waals surface area contributed by atoms with E-state index in [-0.39, 0.29) is 17.4 Å². The van der Waals surface area contributed by atoms with Gasteiger partial charge in [0.05, 0.1) is 17.3 Å². The highest BCUT2D eigenvalue weighted by Crippen LogP contribution is 2.25. The molecule has 0 bridgehead atoms. The Bertz CT molecular complexity index is 1370. The van der Waals surface area contributed by atoms with Crippen LogP contribution in [0.5, 0.6) is 0 Å². The van der Waals surface area contributed by atoms with Gasteiger partial charge in [-0.1, -0.05) is 61.8 Å². The summed E-state index contributed by atoms with van der Waals surface area (Å²) in [6, 6.07) is 14.4. The molecule has 0 aliphatic carbocycles. The summed E-state index contributed by atoms with van der Waals surface area (Å²) in [5.74, 6) is -0.221. The lowest BCUT2D eigenvalue weighted by atomic mass is 9.98. The molecule has 36 heavy (non-hydrogen) atoms. The molecule has 1 aromatic heterocycles. The van der Waals surface area contributed by atoms with Crippen molar-refractivity contribution in [3.05, 3.63) is 88.8 Å². The summed E-state index contributed by atoms with van der Waals surface area (Å²) in [5, 5.41) is 4.25. The molecular weight excluding hydrogens is 458 g/mol. The second kappa shape index (κ2) is 10.5. The average molecular weight is 487 g/mol. The third kappa shape index (κ3) is 5.25. The number of hydrogen-bond donors (Lipinski definition) is 0. The molecule has 0 radical (unpaired) electrons. The van der Waals surface area contributed by atoms with Gasteiger partial charge in [0, 0.05) is 24.3 Å². The normalized spacial score (nSPS) is 17.8. The summed E-state index contributed by atoms with van der Waals surface area (Å²) >= 11 is 0. The Kier molecular flexibility index (Phi) is 6.98. The maximum absolute atomic E-state index is 14.1. The van der Waals surface area contributed by atoms with Crippen LogP contribution in [0.2, 0.25) is 0 Å². The summed E-state index contributed by atoms with van der Waals surface area (Å²) in [4.78, 5) is 13.4. The highest BCUT2D eigenvalue weighted by molar-refractivity contribution is 6.43. The van der Waals surface area contributed by atoms with Gasteiger partial charge in [-0.25, -0.2) is 18.8 Å². The number of aryl methyl sites for hydroxylation is 1. The fourth-order valence-electron chi connectivity index (χ4n) is 4.27. The van der Waals surface area contributed by atoms with E-state index in [9.17, 15) is 8.78 Å². The van der Waals surface area contributed by atoms with E-state index in [1.165, 1.54) is 30.5 Å². The van der Waals surface area contributed by atoms with Gasteiger partial charge in [-0.2, -0.15) is 0 Å². The Balaban J connectivity index is 1.22. The molecule has 0 N–H and O–H groups in total. The second-order valence-corrected chi connectivity index (χ2v) is 9.42.